The molecule has 0 bridgehead atoms. The van der Waals surface area contributed by atoms with E-state index >= 15 is 0 Å². The summed E-state index contributed by atoms with van der Waals surface area (Å²) in [6.45, 7) is 5.23. The lowest BCUT2D eigenvalue weighted by Crippen LogP contribution is -2.53. The first kappa shape index (κ1) is 22.3. The molecule has 0 saturated heterocycles. The lowest BCUT2D eigenvalue weighted by Gasteiger charge is -2.24. The number of benzene rings is 2. The molecule has 7 heteroatoms. The summed E-state index contributed by atoms with van der Waals surface area (Å²) in [7, 11) is 0. The highest BCUT2D eigenvalue weighted by atomic mass is 16.5. The number of ether oxygens (including phenoxy) is 1. The van der Waals surface area contributed by atoms with Gasteiger partial charge in [0.05, 0.1) is 0 Å². The molecule has 2 aromatic carbocycles. The third kappa shape index (κ3) is 4.87. The maximum atomic E-state index is 12.5. The van der Waals surface area contributed by atoms with Crippen molar-refractivity contribution in [3.05, 3.63) is 59.7 Å². The van der Waals surface area contributed by atoms with Gasteiger partial charge in [0, 0.05) is 5.92 Å². The van der Waals surface area contributed by atoms with Crippen LogP contribution < -0.4 is 10.6 Å². The lowest BCUT2D eigenvalue weighted by atomic mass is 9.98. The van der Waals surface area contributed by atoms with Crippen molar-refractivity contribution in [2.75, 3.05) is 6.61 Å². The van der Waals surface area contributed by atoms with Gasteiger partial charge in [0.2, 0.25) is 5.91 Å². The Bertz CT molecular complexity index is 928. The molecule has 0 saturated carbocycles. The van der Waals surface area contributed by atoms with E-state index in [0.717, 1.165) is 22.3 Å². The zero-order valence-corrected chi connectivity index (χ0v) is 17.9. The number of fused-ring (bicyclic) bond motifs is 3. The van der Waals surface area contributed by atoms with Crippen molar-refractivity contribution in [2.45, 2.75) is 45.2 Å². The Hall–Kier alpha value is -3.35. The molecule has 2 amide bonds. The van der Waals surface area contributed by atoms with Crippen LogP contribution in [0.4, 0.5) is 4.79 Å². The summed E-state index contributed by atoms with van der Waals surface area (Å²) in [5, 5.41) is 14.1. The smallest absolute Gasteiger partial charge is 0.407 e. The van der Waals surface area contributed by atoms with Crippen LogP contribution in [0.3, 0.4) is 0 Å². The zero-order valence-electron chi connectivity index (χ0n) is 17.9. The predicted octanol–water partition coefficient (Wildman–Crippen LogP) is 3.53. The number of hydrogen-bond donors (Lipinski definition) is 3. The molecule has 2 unspecified atom stereocenters. The molecule has 0 radical (unpaired) electrons. The zero-order chi connectivity index (χ0) is 22.5. The Morgan fingerprint density at radius 3 is 2.03 bits per heavy atom. The summed E-state index contributed by atoms with van der Waals surface area (Å²) >= 11 is 0. The third-order valence-corrected chi connectivity index (χ3v) is 5.84. The largest absolute Gasteiger partial charge is 0.480 e. The van der Waals surface area contributed by atoms with Gasteiger partial charge in [-0.15, -0.1) is 0 Å². The number of rotatable bonds is 8. The number of alkyl carbamates (subject to hydrolysis) is 1. The van der Waals surface area contributed by atoms with E-state index in [2.05, 4.69) is 22.8 Å². The fourth-order valence-electron chi connectivity index (χ4n) is 3.83. The van der Waals surface area contributed by atoms with Gasteiger partial charge < -0.3 is 20.5 Å². The first-order chi connectivity index (χ1) is 14.8. The summed E-state index contributed by atoms with van der Waals surface area (Å²) in [6.07, 6.45) is -0.0753. The second-order valence-corrected chi connectivity index (χ2v) is 7.90. The van der Waals surface area contributed by atoms with E-state index in [1.165, 1.54) is 6.92 Å². The van der Waals surface area contributed by atoms with Gasteiger partial charge >= 0.3 is 12.1 Å². The number of nitrogens with one attached hydrogen (secondary N) is 2. The molecule has 0 heterocycles. The number of carboxylic acids is 1. The Morgan fingerprint density at radius 1 is 0.968 bits per heavy atom. The molecule has 3 atom stereocenters. The van der Waals surface area contributed by atoms with E-state index in [9.17, 15) is 14.4 Å². The number of carbonyl (C=O) groups is 3. The fourth-order valence-corrected chi connectivity index (χ4v) is 3.83. The highest BCUT2D eigenvalue weighted by Gasteiger charge is 2.31. The minimum Gasteiger partial charge on any atom is -0.480 e. The first-order valence-corrected chi connectivity index (χ1v) is 10.5. The molecule has 0 spiro atoms. The number of hydrogen-bond acceptors (Lipinski definition) is 4. The molecular formula is C24H28N2O5. The van der Waals surface area contributed by atoms with Gasteiger partial charge in [-0.05, 0) is 35.1 Å². The summed E-state index contributed by atoms with van der Waals surface area (Å²) in [5.74, 6) is -1.96. The number of carbonyl (C=O) groups excluding carboxylic acids is 2. The predicted molar refractivity (Wildman–Crippen MR) is 117 cm³/mol. The van der Waals surface area contributed by atoms with E-state index in [0.29, 0.717) is 6.42 Å². The van der Waals surface area contributed by atoms with Crippen LogP contribution in [0.2, 0.25) is 0 Å². The van der Waals surface area contributed by atoms with Gasteiger partial charge in [0.1, 0.15) is 18.7 Å². The molecular weight excluding hydrogens is 396 g/mol. The average molecular weight is 424 g/mol. The average Bonchev–Trinajstić information content (AvgIpc) is 3.09. The van der Waals surface area contributed by atoms with Crippen molar-refractivity contribution in [3.63, 3.8) is 0 Å². The standard InChI is InChI=1S/C24H28N2O5/c1-4-14(2)21(22(27)25-15(3)23(28)29)26-24(30)31-13-20-18-11-7-5-9-16(18)17-10-6-8-12-19(17)20/h5-12,14-15,20-21H,4,13H2,1-3H3,(H,25,27)(H,26,30)(H,28,29)/t14?,15-,21?/m0/s1. The summed E-state index contributed by atoms with van der Waals surface area (Å²) < 4.78 is 5.52. The van der Waals surface area contributed by atoms with Crippen LogP contribution in [0.25, 0.3) is 11.1 Å². The minimum absolute atomic E-state index is 0.0824. The molecule has 3 rings (SSSR count). The van der Waals surface area contributed by atoms with Crippen molar-refractivity contribution in [2.24, 2.45) is 5.92 Å². The Balaban J connectivity index is 1.68. The number of carboxylic acid groups (broad SMARTS) is 1. The first-order valence-electron chi connectivity index (χ1n) is 10.5. The molecule has 0 aromatic heterocycles. The Labute approximate surface area is 181 Å². The lowest BCUT2D eigenvalue weighted by molar-refractivity contribution is -0.141. The van der Waals surface area contributed by atoms with E-state index in [-0.39, 0.29) is 18.4 Å². The molecule has 31 heavy (non-hydrogen) atoms. The van der Waals surface area contributed by atoms with Crippen molar-refractivity contribution < 1.29 is 24.2 Å². The maximum absolute atomic E-state index is 12.5. The number of amides is 2. The minimum atomic E-state index is -1.14. The van der Waals surface area contributed by atoms with Crippen LogP contribution >= 0.6 is 0 Å². The second kappa shape index (κ2) is 9.64. The maximum Gasteiger partial charge on any atom is 0.407 e. The van der Waals surface area contributed by atoms with Crippen molar-refractivity contribution >= 4 is 18.0 Å². The van der Waals surface area contributed by atoms with Crippen molar-refractivity contribution in [3.8, 4) is 11.1 Å². The summed E-state index contributed by atoms with van der Waals surface area (Å²) in [4.78, 5) is 36.1. The molecule has 1 aliphatic rings. The van der Waals surface area contributed by atoms with Crippen LogP contribution in [0, 0.1) is 5.92 Å². The highest BCUT2D eigenvalue weighted by molar-refractivity contribution is 5.89. The van der Waals surface area contributed by atoms with Gasteiger partial charge in [-0.2, -0.15) is 0 Å². The van der Waals surface area contributed by atoms with E-state index < -0.39 is 30.1 Å². The van der Waals surface area contributed by atoms with Crippen molar-refractivity contribution in [1.82, 2.24) is 10.6 Å². The van der Waals surface area contributed by atoms with Crippen LogP contribution in [-0.2, 0) is 14.3 Å². The van der Waals surface area contributed by atoms with Gasteiger partial charge in [0.25, 0.3) is 0 Å². The Kier molecular flexibility index (Phi) is 6.95. The molecule has 7 nitrogen and oxygen atoms in total. The summed E-state index contributed by atoms with van der Waals surface area (Å²) in [5.41, 5.74) is 4.46. The molecule has 164 valence electrons. The van der Waals surface area contributed by atoms with Crippen molar-refractivity contribution in [1.29, 1.82) is 0 Å². The molecule has 3 N–H and O–H groups in total. The van der Waals surface area contributed by atoms with Gasteiger partial charge in [0.15, 0.2) is 0 Å². The molecule has 0 fully saturated rings. The van der Waals surface area contributed by atoms with E-state index in [4.69, 9.17) is 9.84 Å². The topological polar surface area (TPSA) is 105 Å². The Morgan fingerprint density at radius 2 is 1.52 bits per heavy atom. The van der Waals surface area contributed by atoms with Gasteiger partial charge in [-0.3, -0.25) is 9.59 Å². The molecule has 2 aromatic rings. The van der Waals surface area contributed by atoms with Crippen LogP contribution in [0.15, 0.2) is 48.5 Å². The van der Waals surface area contributed by atoms with Gasteiger partial charge in [-0.1, -0.05) is 68.8 Å². The SMILES string of the molecule is CCC(C)C(NC(=O)OCC1c2ccccc2-c2ccccc21)C(=O)N[C@@H](C)C(=O)O. The third-order valence-electron chi connectivity index (χ3n) is 5.84. The monoisotopic (exact) mass is 424 g/mol. The van der Waals surface area contributed by atoms with Crippen LogP contribution in [-0.4, -0.2) is 41.8 Å². The number of aliphatic carboxylic acids is 1. The van der Waals surface area contributed by atoms with Crippen LogP contribution in [0.5, 0.6) is 0 Å². The van der Waals surface area contributed by atoms with Gasteiger partial charge in [-0.25, -0.2) is 4.79 Å². The van der Waals surface area contributed by atoms with E-state index in [1.807, 2.05) is 50.2 Å². The van der Waals surface area contributed by atoms with E-state index in [1.54, 1.807) is 0 Å². The quantitative estimate of drug-likeness (QED) is 0.601. The van der Waals surface area contributed by atoms with Crippen LogP contribution in [0.1, 0.15) is 44.2 Å². The fraction of sp³-hybridized carbons (Fsp3) is 0.375. The normalized spacial score (nSPS) is 15.2. The second-order valence-electron chi connectivity index (χ2n) is 7.90. The highest BCUT2D eigenvalue weighted by Crippen LogP contribution is 2.44. The molecule has 0 aliphatic heterocycles. The molecule has 1 aliphatic carbocycles. The summed E-state index contributed by atoms with van der Waals surface area (Å²) in [6, 6.07) is 14.1.